The van der Waals surface area contributed by atoms with Crippen molar-refractivity contribution in [3.05, 3.63) is 28.8 Å². The van der Waals surface area contributed by atoms with Crippen LogP contribution in [0.1, 0.15) is 25.3 Å². The lowest BCUT2D eigenvalue weighted by atomic mass is 10.2. The minimum absolute atomic E-state index is 0.204. The molecular formula is C12H18ClNO. The maximum Gasteiger partial charge on any atom is 0.122 e. The van der Waals surface area contributed by atoms with Gasteiger partial charge in [-0.2, -0.15) is 0 Å². The van der Waals surface area contributed by atoms with Crippen molar-refractivity contribution < 1.29 is 4.74 Å². The first kappa shape index (κ1) is 12.3. The summed E-state index contributed by atoms with van der Waals surface area (Å²) in [5.41, 5.74) is 6.59. The summed E-state index contributed by atoms with van der Waals surface area (Å²) < 4.78 is 5.85. The smallest absolute Gasteiger partial charge is 0.122 e. The Bertz CT molecular complexity index is 314. The zero-order valence-electron chi connectivity index (χ0n) is 9.29. The summed E-state index contributed by atoms with van der Waals surface area (Å²) in [5.74, 6) is 0.903. The van der Waals surface area contributed by atoms with E-state index in [0.717, 1.165) is 29.2 Å². The molecule has 0 spiro atoms. The second-order valence-corrected chi connectivity index (χ2v) is 4.07. The predicted molar refractivity (Wildman–Crippen MR) is 64.6 cm³/mol. The van der Waals surface area contributed by atoms with Gasteiger partial charge in [-0.15, -0.1) is 0 Å². The van der Waals surface area contributed by atoms with Crippen molar-refractivity contribution in [1.82, 2.24) is 0 Å². The Morgan fingerprint density at radius 1 is 1.47 bits per heavy atom. The maximum absolute atomic E-state index is 5.87. The molecule has 84 valence electrons. The topological polar surface area (TPSA) is 35.2 Å². The number of nitrogens with two attached hydrogens (primary N) is 1. The van der Waals surface area contributed by atoms with Crippen molar-refractivity contribution in [2.45, 2.75) is 32.8 Å². The third-order valence-corrected chi connectivity index (χ3v) is 2.61. The highest BCUT2D eigenvalue weighted by molar-refractivity contribution is 6.30. The van der Waals surface area contributed by atoms with E-state index in [9.17, 15) is 0 Å². The van der Waals surface area contributed by atoms with Crippen molar-refractivity contribution in [2.75, 3.05) is 6.54 Å². The summed E-state index contributed by atoms with van der Waals surface area (Å²) in [6.07, 6.45) is 2.06. The molecule has 0 saturated heterocycles. The van der Waals surface area contributed by atoms with Crippen LogP contribution in [0.5, 0.6) is 5.75 Å². The number of benzene rings is 1. The van der Waals surface area contributed by atoms with E-state index < -0.39 is 0 Å². The lowest BCUT2D eigenvalue weighted by Crippen LogP contribution is -2.20. The SMILES string of the molecule is CCC(CCN)Oc1ccc(Cl)cc1C. The minimum atomic E-state index is 0.204. The third-order valence-electron chi connectivity index (χ3n) is 2.37. The first-order valence-electron chi connectivity index (χ1n) is 5.30. The van der Waals surface area contributed by atoms with Gasteiger partial charge in [-0.3, -0.25) is 0 Å². The van der Waals surface area contributed by atoms with Crippen molar-refractivity contribution in [2.24, 2.45) is 5.73 Å². The van der Waals surface area contributed by atoms with Crippen molar-refractivity contribution in [3.63, 3.8) is 0 Å². The number of hydrogen-bond donors (Lipinski definition) is 1. The number of rotatable bonds is 5. The lowest BCUT2D eigenvalue weighted by Gasteiger charge is -2.18. The van der Waals surface area contributed by atoms with Crippen molar-refractivity contribution in [3.8, 4) is 5.75 Å². The molecule has 1 rings (SSSR count). The van der Waals surface area contributed by atoms with Crippen molar-refractivity contribution >= 4 is 11.6 Å². The highest BCUT2D eigenvalue weighted by atomic mass is 35.5. The van der Waals surface area contributed by atoms with Crippen LogP contribution >= 0.6 is 11.6 Å². The summed E-state index contributed by atoms with van der Waals surface area (Å²) in [4.78, 5) is 0. The van der Waals surface area contributed by atoms with Crippen LogP contribution in [0.25, 0.3) is 0 Å². The second-order valence-electron chi connectivity index (χ2n) is 3.64. The molecule has 0 aliphatic heterocycles. The average Bonchev–Trinajstić information content (AvgIpc) is 2.21. The van der Waals surface area contributed by atoms with E-state index in [1.165, 1.54) is 0 Å². The van der Waals surface area contributed by atoms with Gasteiger partial charge in [-0.1, -0.05) is 18.5 Å². The van der Waals surface area contributed by atoms with E-state index in [2.05, 4.69) is 6.92 Å². The molecule has 1 atom stereocenters. The Morgan fingerprint density at radius 2 is 2.20 bits per heavy atom. The summed E-state index contributed by atoms with van der Waals surface area (Å²) in [5, 5.41) is 0.742. The summed E-state index contributed by atoms with van der Waals surface area (Å²) >= 11 is 5.87. The van der Waals surface area contributed by atoms with Crippen molar-refractivity contribution in [1.29, 1.82) is 0 Å². The zero-order valence-corrected chi connectivity index (χ0v) is 10.1. The normalized spacial score (nSPS) is 12.5. The monoisotopic (exact) mass is 227 g/mol. The lowest BCUT2D eigenvalue weighted by molar-refractivity contribution is 0.188. The van der Waals surface area contributed by atoms with Crippen LogP contribution in [0.3, 0.4) is 0 Å². The van der Waals surface area contributed by atoms with Gasteiger partial charge in [0.25, 0.3) is 0 Å². The fourth-order valence-corrected chi connectivity index (χ4v) is 1.68. The largest absolute Gasteiger partial charge is 0.490 e. The number of hydrogen-bond acceptors (Lipinski definition) is 2. The van der Waals surface area contributed by atoms with Crippen LogP contribution in [0.4, 0.5) is 0 Å². The van der Waals surface area contributed by atoms with Gasteiger partial charge < -0.3 is 10.5 Å². The molecule has 1 aromatic carbocycles. The number of halogens is 1. The van der Waals surface area contributed by atoms with E-state index in [0.29, 0.717) is 6.54 Å². The molecule has 0 aliphatic rings. The van der Waals surface area contributed by atoms with Crippen LogP contribution in [-0.2, 0) is 0 Å². The van der Waals surface area contributed by atoms with Gasteiger partial charge in [-0.25, -0.2) is 0 Å². The molecule has 0 fully saturated rings. The number of aryl methyl sites for hydroxylation is 1. The van der Waals surface area contributed by atoms with Gasteiger partial charge in [-0.05, 0) is 50.1 Å². The average molecular weight is 228 g/mol. The fraction of sp³-hybridized carbons (Fsp3) is 0.500. The van der Waals surface area contributed by atoms with Gasteiger partial charge in [0.1, 0.15) is 5.75 Å². The summed E-state index contributed by atoms with van der Waals surface area (Å²) in [6, 6.07) is 5.67. The molecule has 1 aromatic rings. The van der Waals surface area contributed by atoms with Gasteiger partial charge in [0.05, 0.1) is 6.10 Å². The van der Waals surface area contributed by atoms with Gasteiger partial charge >= 0.3 is 0 Å². The van der Waals surface area contributed by atoms with Crippen LogP contribution in [0.15, 0.2) is 18.2 Å². The van der Waals surface area contributed by atoms with Crippen LogP contribution in [0, 0.1) is 6.92 Å². The first-order valence-corrected chi connectivity index (χ1v) is 5.68. The van der Waals surface area contributed by atoms with E-state index in [4.69, 9.17) is 22.1 Å². The molecule has 0 bridgehead atoms. The molecule has 2 nitrogen and oxygen atoms in total. The first-order chi connectivity index (χ1) is 7.17. The Balaban J connectivity index is 2.70. The zero-order chi connectivity index (χ0) is 11.3. The molecule has 0 amide bonds. The van der Waals surface area contributed by atoms with Gasteiger partial charge in [0, 0.05) is 5.02 Å². The Labute approximate surface area is 96.4 Å². The molecule has 3 heteroatoms. The molecule has 15 heavy (non-hydrogen) atoms. The van der Waals surface area contributed by atoms with Gasteiger partial charge in [0.2, 0.25) is 0 Å². The molecule has 0 aliphatic carbocycles. The third kappa shape index (κ3) is 3.73. The molecule has 0 saturated carbocycles. The van der Waals surface area contributed by atoms with E-state index in [1.54, 1.807) is 0 Å². The highest BCUT2D eigenvalue weighted by Gasteiger charge is 2.08. The Kier molecular flexibility index (Phi) is 4.92. The Morgan fingerprint density at radius 3 is 2.73 bits per heavy atom. The second kappa shape index (κ2) is 5.99. The minimum Gasteiger partial charge on any atom is -0.490 e. The van der Waals surface area contributed by atoms with Crippen LogP contribution in [0.2, 0.25) is 5.02 Å². The quantitative estimate of drug-likeness (QED) is 0.839. The van der Waals surface area contributed by atoms with Crippen LogP contribution < -0.4 is 10.5 Å². The predicted octanol–water partition coefficient (Wildman–Crippen LogP) is 3.15. The molecule has 0 heterocycles. The van der Waals surface area contributed by atoms with Crippen LogP contribution in [-0.4, -0.2) is 12.6 Å². The summed E-state index contributed by atoms with van der Waals surface area (Å²) in [7, 11) is 0. The van der Waals surface area contributed by atoms with Gasteiger partial charge in [0.15, 0.2) is 0 Å². The standard InChI is InChI=1S/C12H18ClNO/c1-3-11(6-7-14)15-12-5-4-10(13)8-9(12)2/h4-5,8,11H,3,6-7,14H2,1-2H3. The van der Waals surface area contributed by atoms with E-state index >= 15 is 0 Å². The maximum atomic E-state index is 5.87. The molecular weight excluding hydrogens is 210 g/mol. The fourth-order valence-electron chi connectivity index (χ4n) is 1.46. The molecule has 1 unspecified atom stereocenters. The Hall–Kier alpha value is -0.730. The van der Waals surface area contributed by atoms with E-state index in [1.807, 2.05) is 25.1 Å². The molecule has 0 aromatic heterocycles. The highest BCUT2D eigenvalue weighted by Crippen LogP contribution is 2.23. The molecule has 0 radical (unpaired) electrons. The summed E-state index contributed by atoms with van der Waals surface area (Å²) in [6.45, 7) is 4.76. The molecule has 2 N–H and O–H groups in total. The number of ether oxygens (including phenoxy) is 1. The van der Waals surface area contributed by atoms with E-state index in [-0.39, 0.29) is 6.10 Å².